The van der Waals surface area contributed by atoms with Crippen molar-refractivity contribution in [2.24, 2.45) is 5.16 Å². The standard InChI is InChI=1S/C41H67N5O8S2/c1-4-6-8-10-12-14-16-18-20-22-25-52-28-32(29-53-26-23-21-19-17-15-13-11-9-7-5-2)54-40(50)34-24-27-55-39-36(38(49)46(34)39)44-37(48)35(45-51-3)33-30-56-41(43-33)42-31-47/h24,30-32,36,39H,4-23,25-29H2,1-3H3,(H,44,48)(H,42,43,47)/t36?,39-/m1/s1. The summed E-state index contributed by atoms with van der Waals surface area (Å²) in [5.74, 6) is -1.29. The molecule has 2 atom stereocenters. The van der Waals surface area contributed by atoms with Gasteiger partial charge in [0.25, 0.3) is 11.8 Å². The smallest absolute Gasteiger partial charge is 0.355 e. The highest BCUT2D eigenvalue weighted by Crippen LogP contribution is 2.38. The van der Waals surface area contributed by atoms with Gasteiger partial charge in [0.2, 0.25) is 6.41 Å². The molecular weight excluding hydrogens is 755 g/mol. The number of hydrogen-bond donors (Lipinski definition) is 2. The van der Waals surface area contributed by atoms with E-state index in [0.29, 0.717) is 25.4 Å². The van der Waals surface area contributed by atoms with E-state index in [2.05, 4.69) is 34.6 Å². The van der Waals surface area contributed by atoms with Gasteiger partial charge in [-0.2, -0.15) is 0 Å². The average molecular weight is 822 g/mol. The highest BCUT2D eigenvalue weighted by Gasteiger charge is 2.53. The number of hydrogen-bond acceptors (Lipinski definition) is 12. The van der Waals surface area contributed by atoms with Crippen LogP contribution in [0.15, 0.2) is 22.3 Å². The number of amides is 3. The Morgan fingerprint density at radius 2 is 1.41 bits per heavy atom. The zero-order valence-electron chi connectivity index (χ0n) is 34.1. The van der Waals surface area contributed by atoms with E-state index in [9.17, 15) is 19.2 Å². The Balaban J connectivity index is 1.47. The maximum atomic E-state index is 13.6. The number of aromatic nitrogens is 1. The summed E-state index contributed by atoms with van der Waals surface area (Å²) in [6.45, 7) is 6.07. The number of anilines is 1. The molecule has 2 aliphatic heterocycles. The molecule has 2 N–H and O–H groups in total. The van der Waals surface area contributed by atoms with E-state index in [1.165, 1.54) is 127 Å². The second kappa shape index (κ2) is 29.2. The number of fused-ring (bicyclic) bond motifs is 1. The highest BCUT2D eigenvalue weighted by atomic mass is 32.2. The van der Waals surface area contributed by atoms with Gasteiger partial charge in [0.15, 0.2) is 10.8 Å². The number of esters is 1. The van der Waals surface area contributed by atoms with Gasteiger partial charge in [0, 0.05) is 24.3 Å². The summed E-state index contributed by atoms with van der Waals surface area (Å²) in [5, 5.41) is 10.3. The van der Waals surface area contributed by atoms with E-state index in [-0.39, 0.29) is 35.4 Å². The van der Waals surface area contributed by atoms with Gasteiger partial charge in [-0.15, -0.1) is 23.1 Å². The fourth-order valence-electron chi connectivity index (χ4n) is 6.67. The minimum atomic E-state index is -0.901. The third-order valence-corrected chi connectivity index (χ3v) is 11.8. The van der Waals surface area contributed by atoms with E-state index < -0.39 is 35.3 Å². The number of ether oxygens (including phenoxy) is 3. The quantitative estimate of drug-likeness (QED) is 0.0174. The van der Waals surface area contributed by atoms with Crippen molar-refractivity contribution in [1.82, 2.24) is 15.2 Å². The lowest BCUT2D eigenvalue weighted by Gasteiger charge is -2.48. The van der Waals surface area contributed by atoms with Crippen molar-refractivity contribution in [3.05, 3.63) is 22.8 Å². The van der Waals surface area contributed by atoms with Crippen LogP contribution in [0, 0.1) is 0 Å². The number of oxime groups is 1. The van der Waals surface area contributed by atoms with Crippen molar-refractivity contribution in [1.29, 1.82) is 0 Å². The fourth-order valence-corrected chi connectivity index (χ4v) is 8.52. The molecule has 0 aliphatic carbocycles. The summed E-state index contributed by atoms with van der Waals surface area (Å²) in [6.07, 6.45) is 26.3. The topological polar surface area (TPSA) is 158 Å². The van der Waals surface area contributed by atoms with Gasteiger partial charge in [-0.3, -0.25) is 19.3 Å². The number of carbonyl (C=O) groups is 4. The zero-order valence-corrected chi connectivity index (χ0v) is 35.7. The summed E-state index contributed by atoms with van der Waals surface area (Å²) in [4.78, 5) is 61.4. The first kappa shape index (κ1) is 47.4. The van der Waals surface area contributed by atoms with Gasteiger partial charge in [-0.05, 0) is 18.9 Å². The minimum absolute atomic E-state index is 0.147. The van der Waals surface area contributed by atoms with Crippen LogP contribution in [0.25, 0.3) is 0 Å². The van der Waals surface area contributed by atoms with Gasteiger partial charge in [-0.1, -0.05) is 135 Å². The number of rotatable bonds is 34. The van der Waals surface area contributed by atoms with E-state index in [1.54, 1.807) is 11.5 Å². The number of unbranched alkanes of at least 4 members (excludes halogenated alkanes) is 18. The van der Waals surface area contributed by atoms with Gasteiger partial charge in [0.1, 0.15) is 36.0 Å². The number of β-lactam (4-membered cyclic amide) rings is 1. The Bertz CT molecular complexity index is 1330. The van der Waals surface area contributed by atoms with Crippen molar-refractivity contribution in [3.8, 4) is 0 Å². The average Bonchev–Trinajstić information content (AvgIpc) is 3.67. The van der Waals surface area contributed by atoms with Gasteiger partial charge >= 0.3 is 5.97 Å². The molecule has 0 bridgehead atoms. The van der Waals surface area contributed by atoms with Crippen molar-refractivity contribution in [3.63, 3.8) is 0 Å². The maximum Gasteiger partial charge on any atom is 0.355 e. The number of thiazole rings is 1. The molecular formula is C41H67N5O8S2. The molecule has 1 saturated heterocycles. The third kappa shape index (κ3) is 17.2. The normalized spacial score (nSPS) is 16.6. The summed E-state index contributed by atoms with van der Waals surface area (Å²) < 4.78 is 17.9. The van der Waals surface area contributed by atoms with Crippen molar-refractivity contribution in [2.75, 3.05) is 44.6 Å². The molecule has 1 aromatic rings. The van der Waals surface area contributed by atoms with Crippen LogP contribution in [0.4, 0.5) is 5.13 Å². The highest BCUT2D eigenvalue weighted by molar-refractivity contribution is 8.00. The van der Waals surface area contributed by atoms with Crippen molar-refractivity contribution >= 4 is 58.1 Å². The molecule has 3 heterocycles. The molecule has 0 saturated carbocycles. The van der Waals surface area contributed by atoms with Crippen LogP contribution in [-0.2, 0) is 38.2 Å². The lowest BCUT2D eigenvalue weighted by atomic mass is 10.0. The molecule has 3 amide bonds. The van der Waals surface area contributed by atoms with Crippen LogP contribution < -0.4 is 10.6 Å². The Morgan fingerprint density at radius 1 is 0.875 bits per heavy atom. The van der Waals surface area contributed by atoms with Crippen LogP contribution in [0.2, 0.25) is 0 Å². The Hall–Kier alpha value is -3.01. The number of carbonyl (C=O) groups excluding carboxylic acids is 4. The van der Waals surface area contributed by atoms with E-state index in [4.69, 9.17) is 19.0 Å². The molecule has 56 heavy (non-hydrogen) atoms. The van der Waals surface area contributed by atoms with E-state index >= 15 is 0 Å². The van der Waals surface area contributed by atoms with Crippen molar-refractivity contribution < 1.29 is 38.2 Å². The van der Waals surface area contributed by atoms with Gasteiger partial charge in [-0.25, -0.2) is 9.78 Å². The van der Waals surface area contributed by atoms with E-state index in [0.717, 1.165) is 37.0 Å². The van der Waals surface area contributed by atoms with Crippen LogP contribution in [-0.4, -0.2) is 96.6 Å². The maximum absolute atomic E-state index is 13.6. The van der Waals surface area contributed by atoms with Gasteiger partial charge < -0.3 is 29.7 Å². The first-order valence-electron chi connectivity index (χ1n) is 21.0. The molecule has 1 aromatic heterocycles. The molecule has 1 unspecified atom stereocenters. The second-order valence-corrected chi connectivity index (χ2v) is 16.4. The summed E-state index contributed by atoms with van der Waals surface area (Å²) in [7, 11) is 1.29. The second-order valence-electron chi connectivity index (χ2n) is 14.4. The van der Waals surface area contributed by atoms with Gasteiger partial charge in [0.05, 0.1) is 13.2 Å². The van der Waals surface area contributed by atoms with Crippen LogP contribution >= 0.6 is 23.1 Å². The summed E-state index contributed by atoms with van der Waals surface area (Å²) >= 11 is 2.53. The largest absolute Gasteiger partial charge is 0.453 e. The Labute approximate surface area is 342 Å². The molecule has 0 aromatic carbocycles. The number of thioether (sulfide) groups is 1. The van der Waals surface area contributed by atoms with Crippen LogP contribution in [0.3, 0.4) is 0 Å². The monoisotopic (exact) mass is 821 g/mol. The Kier molecular flexibility index (Phi) is 24.7. The minimum Gasteiger partial charge on any atom is -0.453 e. The van der Waals surface area contributed by atoms with Crippen LogP contribution in [0.1, 0.15) is 148 Å². The summed E-state index contributed by atoms with van der Waals surface area (Å²) in [6, 6.07) is -0.901. The predicted molar refractivity (Wildman–Crippen MR) is 224 cm³/mol. The van der Waals surface area contributed by atoms with Crippen molar-refractivity contribution in [2.45, 2.75) is 160 Å². The Morgan fingerprint density at radius 3 is 1.93 bits per heavy atom. The van der Waals surface area contributed by atoms with Crippen LogP contribution in [0.5, 0.6) is 0 Å². The molecule has 3 rings (SSSR count). The first-order valence-corrected chi connectivity index (χ1v) is 23.0. The molecule has 316 valence electrons. The first-order chi connectivity index (χ1) is 27.4. The molecule has 0 spiro atoms. The fraction of sp³-hybridized carbons (Fsp3) is 0.756. The van der Waals surface area contributed by atoms with E-state index in [1.807, 2.05) is 0 Å². The number of nitrogens with zero attached hydrogens (tertiary/aromatic N) is 3. The zero-order chi connectivity index (χ0) is 40.2. The summed E-state index contributed by atoms with van der Waals surface area (Å²) in [5.41, 5.74) is 0.177. The third-order valence-electron chi connectivity index (χ3n) is 9.83. The lowest BCUT2D eigenvalue weighted by Crippen LogP contribution is -2.70. The molecule has 13 nitrogen and oxygen atoms in total. The molecule has 1 fully saturated rings. The predicted octanol–water partition coefficient (Wildman–Crippen LogP) is 8.13. The number of nitrogens with one attached hydrogen (secondary N) is 2. The SMILES string of the molecule is CCCCCCCCCCCCOCC(COCCCCCCCCCCCC)OC(=O)C1=CCS[C@@H]2C(NC(=O)C(=NOC)c3csc(NC=O)n3)C(=O)N12. The lowest BCUT2D eigenvalue weighted by molar-refractivity contribution is -0.159. The molecule has 0 radical (unpaired) electrons. The molecule has 15 heteroatoms. The molecule has 2 aliphatic rings.